The van der Waals surface area contributed by atoms with Crippen molar-refractivity contribution in [1.29, 1.82) is 0 Å². The second kappa shape index (κ2) is 6.01. The van der Waals surface area contributed by atoms with E-state index in [2.05, 4.69) is 19.5 Å². The van der Waals surface area contributed by atoms with Crippen LogP contribution in [0.5, 0.6) is 0 Å². The zero-order valence-electron chi connectivity index (χ0n) is 12.3. The lowest BCUT2D eigenvalue weighted by Crippen LogP contribution is -2.33. The molecule has 2 aromatic rings. The summed E-state index contributed by atoms with van der Waals surface area (Å²) < 4.78 is 21.7. The fourth-order valence-electron chi connectivity index (χ4n) is 2.49. The molecule has 3 heterocycles. The molecule has 3 rings (SSSR count). The van der Waals surface area contributed by atoms with Crippen LogP contribution in [0.2, 0.25) is 0 Å². The third-order valence-corrected chi connectivity index (χ3v) is 4.05. The van der Waals surface area contributed by atoms with E-state index in [-0.39, 0.29) is 11.2 Å². The molecule has 0 radical (unpaired) electrons. The molecule has 1 aliphatic heterocycles. The molecule has 0 saturated carbocycles. The number of rotatable bonds is 4. The number of imidazole rings is 1. The minimum atomic E-state index is -4.75. The van der Waals surface area contributed by atoms with Gasteiger partial charge in [-0.3, -0.25) is 13.9 Å². The molecule has 13 heteroatoms. The number of ether oxygens (including phenoxy) is 1. The highest BCUT2D eigenvalue weighted by atomic mass is 31.2. The number of aromatic nitrogens is 4. The molecule has 0 aliphatic carbocycles. The standard InChI is InChI=1S/C11H15N4O8P/c1-4-13-9-6(10(18)14-4)12-3-15(9)11-8(17)7(16)5(23-11)2-22-24(19,20)21/h3,5,7-8,11,16-17H,2H2,1H3,(H,13,14,18)(H2,19,20,21)/t5?,7-,8-,11-/m1/s1. The van der Waals surface area contributed by atoms with Crippen LogP contribution in [-0.4, -0.2) is 64.4 Å². The Hall–Kier alpha value is -1.66. The number of hydrogen-bond donors (Lipinski definition) is 5. The summed E-state index contributed by atoms with van der Waals surface area (Å²) in [4.78, 5) is 39.7. The number of nitrogens with one attached hydrogen (secondary N) is 1. The normalized spacial score (nSPS) is 27.9. The summed E-state index contributed by atoms with van der Waals surface area (Å²) in [6.07, 6.45) is -4.00. The van der Waals surface area contributed by atoms with E-state index in [1.165, 1.54) is 10.9 Å². The number of phosphoric acid groups is 1. The van der Waals surface area contributed by atoms with Crippen molar-refractivity contribution < 1.29 is 33.8 Å². The Bertz CT molecular complexity index is 859. The smallest absolute Gasteiger partial charge is 0.387 e. The van der Waals surface area contributed by atoms with Gasteiger partial charge in [-0.2, -0.15) is 0 Å². The largest absolute Gasteiger partial charge is 0.469 e. The van der Waals surface area contributed by atoms with Crippen molar-refractivity contribution in [2.45, 2.75) is 31.5 Å². The maximum absolute atomic E-state index is 11.8. The van der Waals surface area contributed by atoms with Gasteiger partial charge in [-0.05, 0) is 6.92 Å². The van der Waals surface area contributed by atoms with Crippen LogP contribution in [0, 0.1) is 6.92 Å². The van der Waals surface area contributed by atoms with Gasteiger partial charge in [-0.25, -0.2) is 14.5 Å². The zero-order valence-corrected chi connectivity index (χ0v) is 13.2. The van der Waals surface area contributed by atoms with Gasteiger partial charge in [0.2, 0.25) is 0 Å². The Balaban J connectivity index is 1.90. The summed E-state index contributed by atoms with van der Waals surface area (Å²) in [5, 5.41) is 20.1. The highest BCUT2D eigenvalue weighted by Gasteiger charge is 2.45. The van der Waals surface area contributed by atoms with E-state index in [1.807, 2.05) is 0 Å². The van der Waals surface area contributed by atoms with Crippen LogP contribution in [0.1, 0.15) is 12.1 Å². The fourth-order valence-corrected chi connectivity index (χ4v) is 2.83. The molecular weight excluding hydrogens is 347 g/mol. The Morgan fingerprint density at radius 3 is 2.79 bits per heavy atom. The van der Waals surface area contributed by atoms with Gasteiger partial charge in [-0.15, -0.1) is 0 Å². The Labute approximate surface area is 133 Å². The zero-order chi connectivity index (χ0) is 17.6. The fraction of sp³-hybridized carbons (Fsp3) is 0.545. The molecule has 1 fully saturated rings. The predicted octanol–water partition coefficient (Wildman–Crippen LogP) is -1.84. The van der Waals surface area contributed by atoms with Crippen molar-refractivity contribution in [3.63, 3.8) is 0 Å². The van der Waals surface area contributed by atoms with Crippen LogP contribution in [0.25, 0.3) is 11.2 Å². The van der Waals surface area contributed by atoms with Gasteiger partial charge in [-0.1, -0.05) is 0 Å². The number of hydrogen-bond acceptors (Lipinski definition) is 8. The average molecular weight is 362 g/mol. The van der Waals surface area contributed by atoms with Crippen molar-refractivity contribution in [2.24, 2.45) is 0 Å². The Kier molecular flexibility index (Phi) is 4.30. The van der Waals surface area contributed by atoms with Crippen molar-refractivity contribution in [3.05, 3.63) is 22.5 Å². The Morgan fingerprint density at radius 1 is 1.42 bits per heavy atom. The van der Waals surface area contributed by atoms with Gasteiger partial charge < -0.3 is 29.7 Å². The first-order valence-electron chi connectivity index (χ1n) is 6.82. The van der Waals surface area contributed by atoms with Crippen LogP contribution in [0.15, 0.2) is 11.1 Å². The quantitative estimate of drug-likeness (QED) is 0.388. The van der Waals surface area contributed by atoms with Crippen molar-refractivity contribution >= 4 is 19.0 Å². The van der Waals surface area contributed by atoms with E-state index in [1.54, 1.807) is 6.92 Å². The lowest BCUT2D eigenvalue weighted by Gasteiger charge is -2.16. The minimum Gasteiger partial charge on any atom is -0.387 e. The van der Waals surface area contributed by atoms with Gasteiger partial charge in [0, 0.05) is 0 Å². The van der Waals surface area contributed by atoms with Crippen molar-refractivity contribution in [2.75, 3.05) is 6.61 Å². The number of aliphatic hydroxyl groups excluding tert-OH is 2. The van der Waals surface area contributed by atoms with Gasteiger partial charge in [0.05, 0.1) is 12.9 Å². The first-order chi connectivity index (χ1) is 11.2. The molecule has 0 amide bonds. The summed E-state index contributed by atoms with van der Waals surface area (Å²) in [5.41, 5.74) is -0.296. The highest BCUT2D eigenvalue weighted by Crippen LogP contribution is 2.38. The van der Waals surface area contributed by atoms with E-state index < -0.39 is 44.5 Å². The number of H-pyrrole nitrogens is 1. The van der Waals surface area contributed by atoms with Crippen molar-refractivity contribution in [3.8, 4) is 0 Å². The maximum Gasteiger partial charge on any atom is 0.469 e. The second-order valence-corrected chi connectivity index (χ2v) is 6.55. The molecule has 1 aliphatic rings. The van der Waals surface area contributed by atoms with Crippen LogP contribution < -0.4 is 5.56 Å². The first-order valence-corrected chi connectivity index (χ1v) is 8.35. The third-order valence-electron chi connectivity index (χ3n) is 3.57. The van der Waals surface area contributed by atoms with Gasteiger partial charge in [0.25, 0.3) is 5.56 Å². The number of phosphoric ester groups is 1. The van der Waals surface area contributed by atoms with Gasteiger partial charge in [0.1, 0.15) is 24.1 Å². The summed E-state index contributed by atoms with van der Waals surface area (Å²) in [7, 11) is -4.75. The molecule has 12 nitrogen and oxygen atoms in total. The third kappa shape index (κ3) is 3.13. The number of fused-ring (bicyclic) bond motifs is 1. The van der Waals surface area contributed by atoms with Gasteiger partial charge in [0.15, 0.2) is 17.4 Å². The lowest BCUT2D eigenvalue weighted by molar-refractivity contribution is -0.0504. The SMILES string of the molecule is Cc1nc2c(ncn2[C@@H]2OC(COP(=O)(O)O)[C@@H](O)[C@H]2O)c(=O)[nH]1. The van der Waals surface area contributed by atoms with E-state index in [0.29, 0.717) is 5.82 Å². The molecule has 2 aromatic heterocycles. The maximum atomic E-state index is 11.8. The lowest BCUT2D eigenvalue weighted by atomic mass is 10.1. The molecule has 132 valence electrons. The highest BCUT2D eigenvalue weighted by molar-refractivity contribution is 7.46. The van der Waals surface area contributed by atoms with E-state index in [9.17, 15) is 19.6 Å². The molecule has 1 saturated heterocycles. The summed E-state index contributed by atoms with van der Waals surface area (Å²) in [6.45, 7) is 0.939. The van der Waals surface area contributed by atoms with E-state index >= 15 is 0 Å². The molecule has 24 heavy (non-hydrogen) atoms. The number of aromatic amines is 1. The summed E-state index contributed by atoms with van der Waals surface area (Å²) >= 11 is 0. The molecule has 0 aromatic carbocycles. The molecule has 5 N–H and O–H groups in total. The topological polar surface area (TPSA) is 180 Å². The molecule has 1 unspecified atom stereocenters. The monoisotopic (exact) mass is 362 g/mol. The average Bonchev–Trinajstić information content (AvgIpc) is 3.00. The predicted molar refractivity (Wildman–Crippen MR) is 76.8 cm³/mol. The minimum absolute atomic E-state index is 0.0285. The molecular formula is C11H15N4O8P. The molecule has 4 atom stereocenters. The van der Waals surface area contributed by atoms with E-state index in [0.717, 1.165) is 0 Å². The van der Waals surface area contributed by atoms with Crippen LogP contribution >= 0.6 is 7.82 Å². The summed E-state index contributed by atoms with van der Waals surface area (Å²) in [6, 6.07) is 0. The number of nitrogens with zero attached hydrogens (tertiary/aromatic N) is 3. The van der Waals surface area contributed by atoms with Crippen molar-refractivity contribution in [1.82, 2.24) is 19.5 Å². The van der Waals surface area contributed by atoms with Crippen LogP contribution in [0.4, 0.5) is 0 Å². The van der Waals surface area contributed by atoms with Gasteiger partial charge >= 0.3 is 7.82 Å². The summed E-state index contributed by atoms with van der Waals surface area (Å²) in [5.74, 6) is 0.323. The molecule has 0 bridgehead atoms. The number of aryl methyl sites for hydroxylation is 1. The molecule has 0 spiro atoms. The van der Waals surface area contributed by atoms with Crippen LogP contribution in [0.3, 0.4) is 0 Å². The Morgan fingerprint density at radius 2 is 2.12 bits per heavy atom. The second-order valence-electron chi connectivity index (χ2n) is 5.31. The van der Waals surface area contributed by atoms with E-state index in [4.69, 9.17) is 14.5 Å². The first kappa shape index (κ1) is 17.2. The van der Waals surface area contributed by atoms with Crippen LogP contribution in [-0.2, 0) is 13.8 Å². The number of aliphatic hydroxyl groups is 2.